The molecule has 0 aliphatic heterocycles. The Kier molecular flexibility index (Phi) is 7.08. The summed E-state index contributed by atoms with van der Waals surface area (Å²) in [7, 11) is 0. The van der Waals surface area contributed by atoms with Gasteiger partial charge in [0.2, 0.25) is 0 Å². The van der Waals surface area contributed by atoms with Crippen molar-refractivity contribution in [3.8, 4) is 0 Å². The highest BCUT2D eigenvalue weighted by Crippen LogP contribution is 2.06. The van der Waals surface area contributed by atoms with Gasteiger partial charge in [-0.3, -0.25) is 4.79 Å². The zero-order valence-corrected chi connectivity index (χ0v) is 7.49. The molecular weight excluding hydrogens is 146 g/mol. The molecule has 0 atom stereocenters. The maximum Gasteiger partial charge on any atom is 0.191 e. The van der Waals surface area contributed by atoms with E-state index in [0.717, 1.165) is 31.5 Å². The van der Waals surface area contributed by atoms with Crippen LogP contribution in [-0.2, 0) is 4.79 Å². The van der Waals surface area contributed by atoms with Crippen LogP contribution >= 0.6 is 11.9 Å². The molecule has 0 aromatic carbocycles. The molecule has 0 fully saturated rings. The van der Waals surface area contributed by atoms with Crippen LogP contribution in [0.15, 0.2) is 0 Å². The van der Waals surface area contributed by atoms with E-state index in [2.05, 4.69) is 18.2 Å². The molecule has 0 amide bonds. The Morgan fingerprint density at radius 1 is 1.30 bits per heavy atom. The van der Waals surface area contributed by atoms with Gasteiger partial charge in [0.25, 0.3) is 0 Å². The number of hydrogen-bond acceptors (Lipinski definition) is 3. The first-order valence-electron chi connectivity index (χ1n) is 3.70. The molecule has 0 spiro atoms. The van der Waals surface area contributed by atoms with Gasteiger partial charge in [0.1, 0.15) is 0 Å². The quantitative estimate of drug-likeness (QED) is 0.438. The van der Waals surface area contributed by atoms with Gasteiger partial charge in [-0.25, -0.2) is 4.31 Å². The van der Waals surface area contributed by atoms with E-state index in [-0.39, 0.29) is 0 Å². The summed E-state index contributed by atoms with van der Waals surface area (Å²) in [4.78, 5) is 10.1. The van der Waals surface area contributed by atoms with Crippen LogP contribution in [0.2, 0.25) is 0 Å². The van der Waals surface area contributed by atoms with Crippen molar-refractivity contribution in [2.75, 3.05) is 13.1 Å². The molecule has 0 unspecified atom stereocenters. The van der Waals surface area contributed by atoms with Crippen LogP contribution in [0.3, 0.4) is 0 Å². The van der Waals surface area contributed by atoms with Crippen LogP contribution in [0.25, 0.3) is 0 Å². The first-order chi connectivity index (χ1) is 4.85. The van der Waals surface area contributed by atoms with Crippen LogP contribution in [0.4, 0.5) is 0 Å². The van der Waals surface area contributed by atoms with Crippen molar-refractivity contribution in [3.63, 3.8) is 0 Å². The highest BCUT2D eigenvalue weighted by molar-refractivity contribution is 8.09. The van der Waals surface area contributed by atoms with Gasteiger partial charge in [-0.05, 0) is 24.8 Å². The van der Waals surface area contributed by atoms with E-state index < -0.39 is 0 Å². The zero-order valence-electron chi connectivity index (χ0n) is 6.67. The Bertz CT molecular complexity index is 81.7. The minimum Gasteiger partial charge on any atom is -0.290 e. The SMILES string of the molecule is CCCN(CCC)SC=O. The zero-order chi connectivity index (χ0) is 7.82. The summed E-state index contributed by atoms with van der Waals surface area (Å²) in [6, 6.07) is 0. The lowest BCUT2D eigenvalue weighted by Crippen LogP contribution is -2.17. The van der Waals surface area contributed by atoms with E-state index in [4.69, 9.17) is 0 Å². The molecule has 0 aromatic heterocycles. The summed E-state index contributed by atoms with van der Waals surface area (Å²) in [6.45, 7) is 6.26. The van der Waals surface area contributed by atoms with Gasteiger partial charge in [-0.15, -0.1) is 0 Å². The normalized spacial score (nSPS) is 10.3. The molecule has 0 saturated carbocycles. The van der Waals surface area contributed by atoms with E-state index in [1.807, 2.05) is 0 Å². The lowest BCUT2D eigenvalue weighted by molar-refractivity contribution is 0.469. The topological polar surface area (TPSA) is 20.3 Å². The summed E-state index contributed by atoms with van der Waals surface area (Å²) < 4.78 is 2.09. The maximum absolute atomic E-state index is 10.1. The predicted octanol–water partition coefficient (Wildman–Crippen LogP) is 1.95. The second-order valence-corrected chi connectivity index (χ2v) is 3.05. The van der Waals surface area contributed by atoms with Crippen molar-refractivity contribution in [1.82, 2.24) is 4.31 Å². The van der Waals surface area contributed by atoms with E-state index in [1.165, 1.54) is 11.9 Å². The molecule has 0 N–H and O–H groups in total. The van der Waals surface area contributed by atoms with Crippen LogP contribution in [-0.4, -0.2) is 23.0 Å². The summed E-state index contributed by atoms with van der Waals surface area (Å²) in [5.41, 5.74) is 0.894. The standard InChI is InChI=1S/C7H15NOS/c1-3-5-8(6-4-2)10-7-9/h7H,3-6H2,1-2H3. The molecular formula is C7H15NOS. The minimum absolute atomic E-state index is 0.894. The maximum atomic E-state index is 10.1. The van der Waals surface area contributed by atoms with Crippen LogP contribution in [0.1, 0.15) is 26.7 Å². The van der Waals surface area contributed by atoms with Crippen molar-refractivity contribution in [3.05, 3.63) is 0 Å². The van der Waals surface area contributed by atoms with Crippen molar-refractivity contribution >= 4 is 17.6 Å². The Labute approximate surface area is 67.1 Å². The lowest BCUT2D eigenvalue weighted by atomic mass is 10.4. The van der Waals surface area contributed by atoms with Gasteiger partial charge in [0.15, 0.2) is 5.62 Å². The highest BCUT2D eigenvalue weighted by atomic mass is 32.2. The second-order valence-electron chi connectivity index (χ2n) is 2.13. The average molecular weight is 161 g/mol. The fraction of sp³-hybridized carbons (Fsp3) is 0.857. The fourth-order valence-electron chi connectivity index (χ4n) is 0.777. The van der Waals surface area contributed by atoms with Gasteiger partial charge in [0.05, 0.1) is 0 Å². The van der Waals surface area contributed by atoms with Crippen molar-refractivity contribution in [2.45, 2.75) is 26.7 Å². The number of hydrogen-bond donors (Lipinski definition) is 0. The largest absolute Gasteiger partial charge is 0.290 e. The number of nitrogens with zero attached hydrogens (tertiary/aromatic N) is 1. The molecule has 10 heavy (non-hydrogen) atoms. The van der Waals surface area contributed by atoms with E-state index in [9.17, 15) is 4.79 Å². The van der Waals surface area contributed by atoms with Crippen LogP contribution in [0.5, 0.6) is 0 Å². The number of rotatable bonds is 6. The number of carbonyl (C=O) groups is 1. The smallest absolute Gasteiger partial charge is 0.191 e. The molecule has 0 rings (SSSR count). The summed E-state index contributed by atoms with van der Waals surface area (Å²) in [5, 5.41) is 0. The third-order valence-electron chi connectivity index (χ3n) is 1.14. The van der Waals surface area contributed by atoms with Crippen molar-refractivity contribution in [2.24, 2.45) is 0 Å². The Morgan fingerprint density at radius 3 is 2.10 bits per heavy atom. The molecule has 0 aliphatic rings. The van der Waals surface area contributed by atoms with E-state index in [1.54, 1.807) is 0 Å². The summed E-state index contributed by atoms with van der Waals surface area (Å²) in [5.74, 6) is 0. The van der Waals surface area contributed by atoms with Gasteiger partial charge >= 0.3 is 0 Å². The van der Waals surface area contributed by atoms with Gasteiger partial charge in [-0.1, -0.05) is 13.8 Å². The molecule has 0 bridgehead atoms. The third-order valence-corrected chi connectivity index (χ3v) is 1.89. The van der Waals surface area contributed by atoms with Gasteiger partial charge in [-0.2, -0.15) is 0 Å². The Morgan fingerprint density at radius 2 is 1.80 bits per heavy atom. The predicted molar refractivity (Wildman–Crippen MR) is 46.5 cm³/mol. The molecule has 0 radical (unpaired) electrons. The average Bonchev–Trinajstić information content (AvgIpc) is 1.90. The molecule has 0 saturated heterocycles. The first kappa shape index (κ1) is 9.98. The number of carbonyl (C=O) groups excluding carboxylic acids is 1. The molecule has 0 aliphatic carbocycles. The summed E-state index contributed by atoms with van der Waals surface area (Å²) in [6.07, 6.45) is 2.22. The van der Waals surface area contributed by atoms with Crippen molar-refractivity contribution in [1.29, 1.82) is 0 Å². The molecule has 0 aromatic rings. The van der Waals surface area contributed by atoms with Crippen molar-refractivity contribution < 1.29 is 4.79 Å². The first-order valence-corrected chi connectivity index (χ1v) is 4.54. The fourth-order valence-corrected chi connectivity index (χ4v) is 1.47. The second kappa shape index (κ2) is 7.09. The van der Waals surface area contributed by atoms with Gasteiger partial charge < -0.3 is 0 Å². The van der Waals surface area contributed by atoms with Crippen LogP contribution < -0.4 is 0 Å². The minimum atomic E-state index is 0.894. The lowest BCUT2D eigenvalue weighted by Gasteiger charge is -2.15. The monoisotopic (exact) mass is 161 g/mol. The van der Waals surface area contributed by atoms with E-state index >= 15 is 0 Å². The van der Waals surface area contributed by atoms with Gasteiger partial charge in [0, 0.05) is 13.1 Å². The Balaban J connectivity index is 3.38. The molecule has 2 nitrogen and oxygen atoms in total. The highest BCUT2D eigenvalue weighted by Gasteiger charge is 1.99. The van der Waals surface area contributed by atoms with Crippen LogP contribution in [0, 0.1) is 0 Å². The third kappa shape index (κ3) is 4.82. The molecule has 60 valence electrons. The molecule has 0 heterocycles. The Hall–Kier alpha value is -0.0200. The van der Waals surface area contributed by atoms with E-state index in [0.29, 0.717) is 0 Å². The molecule has 3 heteroatoms. The summed E-state index contributed by atoms with van der Waals surface area (Å²) >= 11 is 1.28.